The van der Waals surface area contributed by atoms with Gasteiger partial charge in [0.25, 0.3) is 5.91 Å². The van der Waals surface area contributed by atoms with Crippen LogP contribution in [-0.2, 0) is 9.53 Å². The summed E-state index contributed by atoms with van der Waals surface area (Å²) in [6.07, 6.45) is 2.99. The van der Waals surface area contributed by atoms with Crippen molar-refractivity contribution in [2.24, 2.45) is 5.10 Å². The number of carboxylic acids is 1. The predicted octanol–water partition coefficient (Wildman–Crippen LogP) is 6.10. The summed E-state index contributed by atoms with van der Waals surface area (Å²) < 4.78 is 10.9. The van der Waals surface area contributed by atoms with Gasteiger partial charge in [0.1, 0.15) is 18.1 Å². The molecule has 0 saturated heterocycles. The molecule has 0 atom stereocenters. The summed E-state index contributed by atoms with van der Waals surface area (Å²) in [7, 11) is 0. The number of aromatic carboxylic acids is 1. The lowest BCUT2D eigenvalue weighted by atomic mass is 10.1. The summed E-state index contributed by atoms with van der Waals surface area (Å²) in [6, 6.07) is 12.4. The van der Waals surface area contributed by atoms with Crippen LogP contribution in [-0.4, -0.2) is 35.3 Å². The minimum absolute atomic E-state index is 0.0526. The molecular formula is C26H18Cl2N2O6. The highest BCUT2D eigenvalue weighted by molar-refractivity contribution is 6.35. The first-order valence-electron chi connectivity index (χ1n) is 10.5. The predicted molar refractivity (Wildman–Crippen MR) is 137 cm³/mol. The molecule has 3 aromatic rings. The van der Waals surface area contributed by atoms with Crippen LogP contribution in [0, 0.1) is 0 Å². The number of hydrogen-bond acceptors (Lipinski definition) is 6. The Bertz CT molecular complexity index is 1470. The van der Waals surface area contributed by atoms with Crippen molar-refractivity contribution in [2.75, 3.05) is 11.6 Å². The van der Waals surface area contributed by atoms with Gasteiger partial charge in [0.05, 0.1) is 38.1 Å². The first-order chi connectivity index (χ1) is 17.2. The average molecular weight is 525 g/mol. The van der Waals surface area contributed by atoms with Crippen LogP contribution in [0.3, 0.4) is 0 Å². The van der Waals surface area contributed by atoms with Gasteiger partial charge in [-0.15, -0.1) is 0 Å². The number of carbonyl (C=O) groups is 3. The zero-order valence-electron chi connectivity index (χ0n) is 18.8. The maximum atomic E-state index is 13.1. The van der Waals surface area contributed by atoms with Gasteiger partial charge in [0, 0.05) is 5.56 Å². The molecule has 0 fully saturated rings. The van der Waals surface area contributed by atoms with Gasteiger partial charge in [-0.05, 0) is 61.5 Å². The summed E-state index contributed by atoms with van der Waals surface area (Å²) in [6.45, 7) is 5.22. The largest absolute Gasteiger partial charge is 0.478 e. The highest BCUT2D eigenvalue weighted by Crippen LogP contribution is 2.31. The SMILES string of the molecule is C=CCOC(=O)c1cc(-c2ccc(C=C3C(=O)N(c4ccc(Cl)c(C(=O)O)c4)N=C3C)o2)ccc1Cl. The van der Waals surface area contributed by atoms with Gasteiger partial charge in [-0.1, -0.05) is 35.9 Å². The first-order valence-corrected chi connectivity index (χ1v) is 11.3. The first kappa shape index (κ1) is 25.0. The Hall–Kier alpha value is -4.14. The summed E-state index contributed by atoms with van der Waals surface area (Å²) >= 11 is 12.1. The van der Waals surface area contributed by atoms with Crippen LogP contribution in [0.1, 0.15) is 33.4 Å². The standard InChI is InChI=1S/C26H18Cl2N2O6/c1-3-10-35-26(34)20-11-15(4-7-22(20)28)23-9-6-17(36-23)13-18-14(2)29-30(24(18)31)16-5-8-21(27)19(12-16)25(32)33/h3-9,11-13H,1,10H2,2H3,(H,32,33). The number of hydrogen-bond donors (Lipinski definition) is 1. The number of halogens is 2. The van der Waals surface area contributed by atoms with Crippen molar-refractivity contribution in [3.63, 3.8) is 0 Å². The molecular weight excluding hydrogens is 507 g/mol. The molecule has 0 aliphatic carbocycles. The smallest absolute Gasteiger partial charge is 0.339 e. The van der Waals surface area contributed by atoms with E-state index < -0.39 is 17.8 Å². The monoisotopic (exact) mass is 524 g/mol. The molecule has 36 heavy (non-hydrogen) atoms. The lowest BCUT2D eigenvalue weighted by Gasteiger charge is -2.12. The van der Waals surface area contributed by atoms with Crippen LogP contribution in [0.15, 0.2) is 76.3 Å². The molecule has 0 radical (unpaired) electrons. The Labute approximate surface area is 215 Å². The van der Waals surface area contributed by atoms with E-state index >= 15 is 0 Å². The van der Waals surface area contributed by atoms with Crippen LogP contribution in [0.4, 0.5) is 5.69 Å². The van der Waals surface area contributed by atoms with Crippen LogP contribution >= 0.6 is 23.2 Å². The molecule has 10 heteroatoms. The van der Waals surface area contributed by atoms with Crippen molar-refractivity contribution in [3.8, 4) is 11.3 Å². The number of carbonyl (C=O) groups excluding carboxylic acids is 2. The molecule has 8 nitrogen and oxygen atoms in total. The van der Waals surface area contributed by atoms with Gasteiger partial charge >= 0.3 is 11.9 Å². The van der Waals surface area contributed by atoms with Crippen LogP contribution in [0.5, 0.6) is 0 Å². The Morgan fingerprint density at radius 2 is 1.83 bits per heavy atom. The fraction of sp³-hybridized carbons (Fsp3) is 0.0769. The van der Waals surface area contributed by atoms with Gasteiger partial charge in [-0.2, -0.15) is 10.1 Å². The lowest BCUT2D eigenvalue weighted by Crippen LogP contribution is -2.21. The van der Waals surface area contributed by atoms with Crippen LogP contribution in [0.2, 0.25) is 10.0 Å². The Kier molecular flexibility index (Phi) is 7.10. The number of hydrazone groups is 1. The molecule has 0 spiro atoms. The van der Waals surface area contributed by atoms with Gasteiger partial charge in [-0.3, -0.25) is 4.79 Å². The molecule has 1 amide bonds. The van der Waals surface area contributed by atoms with E-state index in [0.29, 0.717) is 22.8 Å². The van der Waals surface area contributed by atoms with Crippen LogP contribution < -0.4 is 5.01 Å². The number of carboxylic acid groups (broad SMARTS) is 1. The Balaban J connectivity index is 1.60. The highest BCUT2D eigenvalue weighted by atomic mass is 35.5. The van der Waals surface area contributed by atoms with Gasteiger partial charge < -0.3 is 14.3 Å². The van der Waals surface area contributed by atoms with E-state index in [1.54, 1.807) is 37.3 Å². The highest BCUT2D eigenvalue weighted by Gasteiger charge is 2.30. The second-order valence-corrected chi connectivity index (χ2v) is 8.43. The molecule has 0 unspecified atom stereocenters. The van der Waals surface area contributed by atoms with Crippen molar-refractivity contribution in [1.29, 1.82) is 0 Å². The Morgan fingerprint density at radius 3 is 2.56 bits per heavy atom. The van der Waals surface area contributed by atoms with Gasteiger partial charge in [0.15, 0.2) is 0 Å². The third-order valence-electron chi connectivity index (χ3n) is 5.20. The van der Waals surface area contributed by atoms with Crippen LogP contribution in [0.25, 0.3) is 17.4 Å². The zero-order chi connectivity index (χ0) is 26.0. The Morgan fingerprint density at radius 1 is 1.11 bits per heavy atom. The minimum Gasteiger partial charge on any atom is -0.478 e. The number of rotatable bonds is 7. The second kappa shape index (κ2) is 10.2. The van der Waals surface area contributed by atoms with E-state index in [1.807, 2.05) is 0 Å². The fourth-order valence-corrected chi connectivity index (χ4v) is 3.84. The molecule has 1 N–H and O–H groups in total. The molecule has 0 bridgehead atoms. The number of benzene rings is 2. The average Bonchev–Trinajstić information content (AvgIpc) is 3.43. The van der Waals surface area contributed by atoms with Crippen molar-refractivity contribution in [2.45, 2.75) is 6.92 Å². The number of ether oxygens (including phenoxy) is 1. The number of amides is 1. The normalized spacial score (nSPS) is 14.2. The quantitative estimate of drug-likeness (QED) is 0.227. The van der Waals surface area contributed by atoms with E-state index in [1.165, 1.54) is 30.4 Å². The van der Waals surface area contributed by atoms with E-state index in [0.717, 1.165) is 5.01 Å². The maximum absolute atomic E-state index is 13.1. The van der Waals surface area contributed by atoms with E-state index in [9.17, 15) is 19.5 Å². The maximum Gasteiger partial charge on any atom is 0.339 e. The molecule has 1 aliphatic rings. The van der Waals surface area contributed by atoms with Crippen molar-refractivity contribution in [1.82, 2.24) is 0 Å². The molecule has 2 aromatic carbocycles. The number of furan rings is 1. The van der Waals surface area contributed by atoms with Crippen molar-refractivity contribution in [3.05, 3.63) is 93.7 Å². The molecule has 4 rings (SSSR count). The number of anilines is 1. The van der Waals surface area contributed by atoms with E-state index in [2.05, 4.69) is 11.7 Å². The van der Waals surface area contributed by atoms with Crippen molar-refractivity contribution >= 4 is 58.5 Å². The molecule has 1 aromatic heterocycles. The number of esters is 1. The van der Waals surface area contributed by atoms with Gasteiger partial charge in [0.2, 0.25) is 0 Å². The number of nitrogens with zero attached hydrogens (tertiary/aromatic N) is 2. The third kappa shape index (κ3) is 4.95. The fourth-order valence-electron chi connectivity index (χ4n) is 3.44. The van der Waals surface area contributed by atoms with Gasteiger partial charge in [-0.25, -0.2) is 9.59 Å². The summed E-state index contributed by atoms with van der Waals surface area (Å²) in [5, 5.41) is 15.0. The second-order valence-electron chi connectivity index (χ2n) is 7.61. The molecule has 1 aliphatic heterocycles. The summed E-state index contributed by atoms with van der Waals surface area (Å²) in [4.78, 5) is 36.7. The summed E-state index contributed by atoms with van der Waals surface area (Å²) in [5.74, 6) is -1.45. The minimum atomic E-state index is -1.22. The lowest BCUT2D eigenvalue weighted by molar-refractivity contribution is -0.114. The molecule has 0 saturated carbocycles. The van der Waals surface area contributed by atoms with Crippen molar-refractivity contribution < 1.29 is 28.6 Å². The molecule has 182 valence electrons. The van der Waals surface area contributed by atoms with E-state index in [-0.39, 0.29) is 39.0 Å². The zero-order valence-corrected chi connectivity index (χ0v) is 20.3. The summed E-state index contributed by atoms with van der Waals surface area (Å²) in [5.41, 5.74) is 1.58. The topological polar surface area (TPSA) is 109 Å². The third-order valence-corrected chi connectivity index (χ3v) is 5.86. The van der Waals surface area contributed by atoms with E-state index in [4.69, 9.17) is 32.4 Å². The molecule has 2 heterocycles.